The van der Waals surface area contributed by atoms with Crippen LogP contribution in [0.5, 0.6) is 0 Å². The summed E-state index contributed by atoms with van der Waals surface area (Å²) in [5.74, 6) is -2.13. The Balaban J connectivity index is 0.000000387. The fraction of sp³-hybridized carbons (Fsp3) is 0.833. The van der Waals surface area contributed by atoms with Crippen molar-refractivity contribution in [3.8, 4) is 0 Å². The molecule has 2 unspecified atom stereocenters. The molecule has 15 nitrogen and oxygen atoms in total. The predicted octanol–water partition coefficient (Wildman–Crippen LogP) is 4.89. The van der Waals surface area contributed by atoms with E-state index in [9.17, 15) is 30.0 Å². The molecule has 0 radical (unpaired) electrons. The molecule has 364 valence electrons. The van der Waals surface area contributed by atoms with Crippen LogP contribution < -0.4 is 0 Å². The summed E-state index contributed by atoms with van der Waals surface area (Å²) in [6.45, 7) is 20.6. The molecule has 0 amide bonds. The zero-order valence-corrected chi connectivity index (χ0v) is 41.1. The molecule has 0 saturated carbocycles. The highest BCUT2D eigenvalue weighted by Gasteiger charge is 2.49. The lowest BCUT2D eigenvalue weighted by molar-refractivity contribution is -0.296. The van der Waals surface area contributed by atoms with E-state index in [1.165, 1.54) is 14.0 Å². The second-order valence-electron chi connectivity index (χ2n) is 19.8. The Morgan fingerprint density at radius 1 is 0.937 bits per heavy atom. The molecule has 3 heterocycles. The molecule has 0 spiro atoms. The Labute approximate surface area is 378 Å². The smallest absolute Gasteiger partial charge is 0.313 e. The van der Waals surface area contributed by atoms with E-state index in [2.05, 4.69) is 11.8 Å². The summed E-state index contributed by atoms with van der Waals surface area (Å²) < 4.78 is 41.0. The molecule has 3 saturated heterocycles. The first-order chi connectivity index (χ1) is 29.2. The molecule has 3 aliphatic heterocycles. The van der Waals surface area contributed by atoms with Crippen molar-refractivity contribution in [3.05, 3.63) is 35.9 Å². The summed E-state index contributed by atoms with van der Waals surface area (Å²) in [4.78, 5) is 30.2. The topological polar surface area (TPSA) is 186 Å². The van der Waals surface area contributed by atoms with Gasteiger partial charge < -0.3 is 63.4 Å². The third kappa shape index (κ3) is 14.4. The first kappa shape index (κ1) is 55.1. The first-order valence-corrected chi connectivity index (χ1v) is 22.9. The van der Waals surface area contributed by atoms with E-state index < -0.39 is 83.9 Å². The maximum Gasteiger partial charge on any atom is 0.313 e. The molecule has 0 bridgehead atoms. The highest BCUT2D eigenvalue weighted by molar-refractivity contribution is 5.78. The number of likely N-dealkylation sites (N-methyl/N-ethyl adjacent to an activating group) is 2. The van der Waals surface area contributed by atoms with Crippen molar-refractivity contribution in [2.45, 2.75) is 198 Å². The van der Waals surface area contributed by atoms with Crippen LogP contribution in [0.15, 0.2) is 30.3 Å². The normalized spacial score (nSPS) is 41.9. The molecular weight excluding hydrogens is 813 g/mol. The maximum absolute atomic E-state index is 13.6. The molecular formula is C48H84N2O13. The van der Waals surface area contributed by atoms with Gasteiger partial charge in [-0.25, -0.2) is 0 Å². The van der Waals surface area contributed by atoms with Gasteiger partial charge in [-0.2, -0.15) is 0 Å². The molecule has 4 rings (SSSR count). The van der Waals surface area contributed by atoms with Crippen LogP contribution in [0.4, 0.5) is 0 Å². The monoisotopic (exact) mass is 897 g/mol. The lowest BCUT2D eigenvalue weighted by Crippen LogP contribution is -2.59. The highest BCUT2D eigenvalue weighted by Crippen LogP contribution is 2.38. The Morgan fingerprint density at radius 2 is 1.56 bits per heavy atom. The van der Waals surface area contributed by atoms with Crippen LogP contribution in [0.2, 0.25) is 0 Å². The zero-order valence-electron chi connectivity index (χ0n) is 41.1. The molecule has 18 atom stereocenters. The zero-order chi connectivity index (χ0) is 47.8. The summed E-state index contributed by atoms with van der Waals surface area (Å²) in [7, 11) is 8.96. The van der Waals surface area contributed by atoms with Gasteiger partial charge >= 0.3 is 11.9 Å². The number of esters is 2. The van der Waals surface area contributed by atoms with Crippen molar-refractivity contribution in [2.75, 3.05) is 41.9 Å². The fourth-order valence-corrected chi connectivity index (χ4v) is 9.76. The van der Waals surface area contributed by atoms with Crippen LogP contribution in [0.1, 0.15) is 120 Å². The molecule has 0 aromatic heterocycles. The van der Waals surface area contributed by atoms with E-state index in [0.29, 0.717) is 25.8 Å². The van der Waals surface area contributed by atoms with Gasteiger partial charge in [0.25, 0.3) is 0 Å². The van der Waals surface area contributed by atoms with Crippen LogP contribution in [0.25, 0.3) is 0 Å². The number of nitrogens with zero attached hydrogens (tertiary/aromatic N) is 2. The second kappa shape index (κ2) is 23.4. The minimum absolute atomic E-state index is 0.0637. The minimum Gasteiger partial charge on any atom is -0.459 e. The SMILES string of the molecule is CC[C@H]1OC(=O)[C@H](C)[C@@H](O[C@H]2C[C@@](C)(OC)[C@@H](O)[C@H](C)O2)[C@H](C)C[C@](C)(O)C[C@@H](C)CN(C)[C@H](C)[C@@H](O)[C@]1(C)O.CO[C@@H]1O[C@H](C)CC(N(C)C)[C@H]1OC(=O)C(C)c1ccccc1. The number of hydrogen-bond donors (Lipinski definition) is 4. The predicted molar refractivity (Wildman–Crippen MR) is 240 cm³/mol. The number of carbonyl (C=O) groups excluding carboxylic acids is 2. The standard InChI is InChI=1S/C30H57NO9.C18H27NO4/c1-12-22-30(9,36)25(32)20(5)31(10)16-17(2)13-28(7,35)14-18(3)24(19(4)27(34)39-22)40-23-15-29(8,37-11)26(33)21(6)38-23;1-12-11-15(19(3)4)16(18(21-5)22-12)23-17(20)13(2)14-9-7-6-8-10-14/h17-26,32-33,35-36H,12-16H2,1-11H3;6-10,12-13,15-16,18H,11H2,1-5H3/t17-,18-,19-,20-,21+,22-,23+,24+,25-,26+,28-,29-,30-;12-,13?,15?,16-,18-/m11/s1. The van der Waals surface area contributed by atoms with Gasteiger partial charge in [-0.3, -0.25) is 9.59 Å². The number of rotatable bonds is 9. The van der Waals surface area contributed by atoms with Crippen molar-refractivity contribution < 1.29 is 63.2 Å². The van der Waals surface area contributed by atoms with E-state index in [1.54, 1.807) is 41.7 Å². The van der Waals surface area contributed by atoms with E-state index in [4.69, 9.17) is 33.2 Å². The van der Waals surface area contributed by atoms with Gasteiger partial charge in [0.05, 0.1) is 47.4 Å². The summed E-state index contributed by atoms with van der Waals surface area (Å²) in [5.41, 5.74) is -2.71. The molecule has 3 aliphatic rings. The number of aliphatic hydroxyl groups excluding tert-OH is 2. The third-order valence-corrected chi connectivity index (χ3v) is 13.8. The summed E-state index contributed by atoms with van der Waals surface area (Å²) >= 11 is 0. The van der Waals surface area contributed by atoms with Gasteiger partial charge in [-0.15, -0.1) is 0 Å². The Kier molecular flexibility index (Phi) is 20.5. The van der Waals surface area contributed by atoms with Crippen LogP contribution in [0, 0.1) is 17.8 Å². The van der Waals surface area contributed by atoms with E-state index in [0.717, 1.165) is 12.0 Å². The van der Waals surface area contributed by atoms with Crippen molar-refractivity contribution in [2.24, 2.45) is 17.8 Å². The van der Waals surface area contributed by atoms with E-state index in [-0.39, 0.29) is 42.3 Å². The number of ether oxygens (including phenoxy) is 7. The average Bonchev–Trinajstić information content (AvgIpc) is 3.22. The van der Waals surface area contributed by atoms with Gasteiger partial charge in [0.15, 0.2) is 18.7 Å². The first-order valence-electron chi connectivity index (χ1n) is 22.9. The number of carbonyl (C=O) groups is 2. The average molecular weight is 897 g/mol. The van der Waals surface area contributed by atoms with Crippen molar-refractivity contribution in [1.82, 2.24) is 9.80 Å². The molecule has 3 fully saturated rings. The second-order valence-corrected chi connectivity index (χ2v) is 19.8. The van der Waals surface area contributed by atoms with Crippen molar-refractivity contribution in [3.63, 3.8) is 0 Å². The van der Waals surface area contributed by atoms with E-state index in [1.807, 2.05) is 84.1 Å². The van der Waals surface area contributed by atoms with Gasteiger partial charge in [0.1, 0.15) is 23.9 Å². The van der Waals surface area contributed by atoms with Gasteiger partial charge in [-0.1, -0.05) is 51.1 Å². The van der Waals surface area contributed by atoms with Gasteiger partial charge in [0.2, 0.25) is 0 Å². The van der Waals surface area contributed by atoms with Crippen LogP contribution in [-0.4, -0.2) is 168 Å². The Bertz CT molecular complexity index is 1550. The Hall–Kier alpha value is -2.28. The molecule has 63 heavy (non-hydrogen) atoms. The molecule has 1 aromatic carbocycles. The maximum atomic E-state index is 13.6. The van der Waals surface area contributed by atoms with Crippen LogP contribution in [0.3, 0.4) is 0 Å². The fourth-order valence-electron chi connectivity index (χ4n) is 9.76. The largest absolute Gasteiger partial charge is 0.459 e. The van der Waals surface area contributed by atoms with Crippen molar-refractivity contribution >= 4 is 11.9 Å². The van der Waals surface area contributed by atoms with Crippen molar-refractivity contribution in [1.29, 1.82) is 0 Å². The number of cyclic esters (lactones) is 1. The number of aliphatic hydroxyl groups is 4. The number of hydrogen-bond acceptors (Lipinski definition) is 15. The summed E-state index contributed by atoms with van der Waals surface area (Å²) in [6, 6.07) is 9.28. The van der Waals surface area contributed by atoms with E-state index >= 15 is 0 Å². The van der Waals surface area contributed by atoms with Gasteiger partial charge in [-0.05, 0) is 120 Å². The Morgan fingerprint density at radius 3 is 2.11 bits per heavy atom. The highest BCUT2D eigenvalue weighted by atomic mass is 16.7. The van der Waals surface area contributed by atoms with Gasteiger partial charge in [0, 0.05) is 33.2 Å². The third-order valence-electron chi connectivity index (χ3n) is 13.8. The number of benzene rings is 1. The minimum atomic E-state index is -1.70. The molecule has 4 N–H and O–H groups in total. The summed E-state index contributed by atoms with van der Waals surface area (Å²) in [5, 5.41) is 44.8. The lowest BCUT2D eigenvalue weighted by Gasteiger charge is -2.46. The molecule has 15 heteroatoms. The quantitative estimate of drug-likeness (QED) is 0.246. The molecule has 0 aliphatic carbocycles. The molecule has 1 aromatic rings. The number of methoxy groups -OCH3 is 2. The lowest BCUT2D eigenvalue weighted by atomic mass is 9.80. The van der Waals surface area contributed by atoms with Crippen LogP contribution >= 0.6 is 0 Å². The van der Waals surface area contributed by atoms with Crippen LogP contribution in [-0.2, 0) is 42.7 Å². The summed E-state index contributed by atoms with van der Waals surface area (Å²) in [6.07, 6.45) is -3.74.